The molecule has 0 aliphatic carbocycles. The molecule has 8 heteroatoms. The summed E-state index contributed by atoms with van der Waals surface area (Å²) >= 11 is 0. The van der Waals surface area contributed by atoms with Crippen molar-refractivity contribution in [2.24, 2.45) is 0 Å². The fourth-order valence-electron chi connectivity index (χ4n) is 3.06. The van der Waals surface area contributed by atoms with E-state index in [9.17, 15) is 14.0 Å². The lowest BCUT2D eigenvalue weighted by Gasteiger charge is -2.13. The first-order valence-electron chi connectivity index (χ1n) is 9.06. The van der Waals surface area contributed by atoms with Gasteiger partial charge in [0.25, 0.3) is 5.56 Å². The van der Waals surface area contributed by atoms with Gasteiger partial charge in [-0.05, 0) is 36.8 Å². The molecule has 4 aromatic rings. The summed E-state index contributed by atoms with van der Waals surface area (Å²) in [6.07, 6.45) is 3.47. The summed E-state index contributed by atoms with van der Waals surface area (Å²) in [4.78, 5) is 33.4. The highest BCUT2D eigenvalue weighted by atomic mass is 19.1. The number of halogens is 1. The molecule has 29 heavy (non-hydrogen) atoms. The number of fused-ring (bicyclic) bond motifs is 1. The third-order valence-corrected chi connectivity index (χ3v) is 4.54. The normalized spacial score (nSPS) is 12.1. The third kappa shape index (κ3) is 4.06. The minimum atomic E-state index is -0.461. The topological polar surface area (TPSA) is 92.2 Å². The molecule has 0 aliphatic rings. The van der Waals surface area contributed by atoms with Gasteiger partial charge in [-0.1, -0.05) is 12.1 Å². The Morgan fingerprint density at radius 3 is 2.76 bits per heavy atom. The van der Waals surface area contributed by atoms with E-state index in [4.69, 9.17) is 0 Å². The molecule has 7 nitrogen and oxygen atoms in total. The van der Waals surface area contributed by atoms with Gasteiger partial charge in [0, 0.05) is 30.1 Å². The summed E-state index contributed by atoms with van der Waals surface area (Å²) in [5.74, 6) is -0.589. The summed E-state index contributed by atoms with van der Waals surface area (Å²) in [6, 6.07) is 12.1. The summed E-state index contributed by atoms with van der Waals surface area (Å²) in [5, 5.41) is 5.83. The van der Waals surface area contributed by atoms with Crippen molar-refractivity contribution >= 4 is 11.6 Å². The van der Waals surface area contributed by atoms with Gasteiger partial charge in [-0.25, -0.2) is 13.9 Å². The fourth-order valence-corrected chi connectivity index (χ4v) is 3.06. The number of aromatic nitrogens is 4. The van der Waals surface area contributed by atoms with E-state index in [1.54, 1.807) is 43.6 Å². The Balaban J connectivity index is 1.54. The minimum absolute atomic E-state index is 0.112. The SMILES string of the molecule is C[C@@H](NC(=O)Cc1ccc(F)cc1)c1cc(=O)n2[nH]c(-c3cccnc3)cc2n1. The van der Waals surface area contributed by atoms with Gasteiger partial charge in [-0.3, -0.25) is 19.7 Å². The van der Waals surface area contributed by atoms with Gasteiger partial charge in [-0.15, -0.1) is 0 Å². The number of H-pyrrole nitrogens is 1. The third-order valence-electron chi connectivity index (χ3n) is 4.54. The molecule has 2 N–H and O–H groups in total. The van der Waals surface area contributed by atoms with E-state index < -0.39 is 6.04 Å². The van der Waals surface area contributed by atoms with Crippen molar-refractivity contribution in [2.75, 3.05) is 0 Å². The van der Waals surface area contributed by atoms with Crippen molar-refractivity contribution in [1.82, 2.24) is 24.9 Å². The van der Waals surface area contributed by atoms with E-state index >= 15 is 0 Å². The van der Waals surface area contributed by atoms with Crippen LogP contribution in [0.15, 0.2) is 65.7 Å². The molecule has 0 saturated carbocycles. The Bertz CT molecular complexity index is 1220. The monoisotopic (exact) mass is 391 g/mol. The van der Waals surface area contributed by atoms with Crippen molar-refractivity contribution in [1.29, 1.82) is 0 Å². The predicted octanol–water partition coefficient (Wildman–Crippen LogP) is 2.64. The van der Waals surface area contributed by atoms with Crippen LogP contribution >= 0.6 is 0 Å². The smallest absolute Gasteiger partial charge is 0.272 e. The number of rotatable bonds is 5. The van der Waals surface area contributed by atoms with E-state index in [1.807, 2.05) is 6.07 Å². The van der Waals surface area contributed by atoms with Crippen LogP contribution in [-0.2, 0) is 11.2 Å². The lowest BCUT2D eigenvalue weighted by Crippen LogP contribution is -2.30. The van der Waals surface area contributed by atoms with Crippen LogP contribution in [0.1, 0.15) is 24.2 Å². The number of hydrogen-bond donors (Lipinski definition) is 2. The van der Waals surface area contributed by atoms with E-state index in [-0.39, 0.29) is 23.7 Å². The van der Waals surface area contributed by atoms with Gasteiger partial charge < -0.3 is 5.32 Å². The van der Waals surface area contributed by atoms with E-state index in [0.717, 1.165) is 5.56 Å². The first-order valence-corrected chi connectivity index (χ1v) is 9.06. The van der Waals surface area contributed by atoms with Crippen LogP contribution in [0.4, 0.5) is 4.39 Å². The van der Waals surface area contributed by atoms with Gasteiger partial charge >= 0.3 is 0 Å². The maximum absolute atomic E-state index is 13.0. The Morgan fingerprint density at radius 2 is 2.03 bits per heavy atom. The molecule has 0 bridgehead atoms. The standard InChI is InChI=1S/C21H18FN5O2/c1-13(24-20(28)9-14-4-6-16(22)7-5-14)17-11-21(29)27-19(25-17)10-18(26-27)15-3-2-8-23-12-15/h2-8,10-13,26H,9H2,1H3,(H,24,28)/t13-/m1/s1. The summed E-state index contributed by atoms with van der Waals surface area (Å²) in [6.45, 7) is 1.76. The van der Waals surface area contributed by atoms with Crippen LogP contribution in [0.2, 0.25) is 0 Å². The Hall–Kier alpha value is -3.81. The predicted molar refractivity (Wildman–Crippen MR) is 106 cm³/mol. The van der Waals surface area contributed by atoms with Gasteiger partial charge in [0.1, 0.15) is 5.82 Å². The molecule has 0 saturated heterocycles. The number of hydrogen-bond acceptors (Lipinski definition) is 4. The fraction of sp³-hybridized carbons (Fsp3) is 0.143. The van der Waals surface area contributed by atoms with Crippen LogP contribution in [0.25, 0.3) is 16.9 Å². The van der Waals surface area contributed by atoms with E-state index in [1.165, 1.54) is 22.7 Å². The second-order valence-corrected chi connectivity index (χ2v) is 6.72. The van der Waals surface area contributed by atoms with E-state index in [0.29, 0.717) is 22.6 Å². The number of carbonyl (C=O) groups excluding carboxylic acids is 1. The molecule has 1 amide bonds. The molecule has 0 radical (unpaired) electrons. The number of nitrogens with one attached hydrogen (secondary N) is 2. The van der Waals surface area contributed by atoms with Crippen LogP contribution in [0.5, 0.6) is 0 Å². The zero-order valence-corrected chi connectivity index (χ0v) is 15.6. The molecule has 3 aromatic heterocycles. The number of carbonyl (C=O) groups is 1. The zero-order chi connectivity index (χ0) is 20.4. The van der Waals surface area contributed by atoms with Gasteiger partial charge in [-0.2, -0.15) is 0 Å². The second kappa shape index (κ2) is 7.67. The summed E-state index contributed by atoms with van der Waals surface area (Å²) < 4.78 is 14.3. The van der Waals surface area contributed by atoms with Crippen molar-refractivity contribution in [3.05, 3.63) is 88.4 Å². The Labute approximate surface area is 165 Å². The molecule has 0 spiro atoms. The van der Waals surface area contributed by atoms with Crippen molar-refractivity contribution < 1.29 is 9.18 Å². The van der Waals surface area contributed by atoms with Gasteiger partial charge in [0.2, 0.25) is 5.91 Å². The molecule has 3 heterocycles. The van der Waals surface area contributed by atoms with Crippen LogP contribution in [-0.4, -0.2) is 25.5 Å². The molecular formula is C21H18FN5O2. The molecule has 0 unspecified atom stereocenters. The molecule has 4 rings (SSSR count). The highest BCUT2D eigenvalue weighted by molar-refractivity contribution is 5.79. The lowest BCUT2D eigenvalue weighted by molar-refractivity contribution is -0.121. The average Bonchev–Trinajstić information content (AvgIpc) is 3.15. The summed E-state index contributed by atoms with van der Waals surface area (Å²) in [7, 11) is 0. The first kappa shape index (κ1) is 18.5. The molecule has 146 valence electrons. The van der Waals surface area contributed by atoms with Gasteiger partial charge in [0.15, 0.2) is 5.65 Å². The van der Waals surface area contributed by atoms with Gasteiger partial charge in [0.05, 0.1) is 23.9 Å². The van der Waals surface area contributed by atoms with Crippen molar-refractivity contribution in [3.63, 3.8) is 0 Å². The first-order chi connectivity index (χ1) is 14.0. The number of amides is 1. The zero-order valence-electron chi connectivity index (χ0n) is 15.6. The number of nitrogens with zero attached hydrogens (tertiary/aromatic N) is 3. The molecule has 1 atom stereocenters. The van der Waals surface area contributed by atoms with E-state index in [2.05, 4.69) is 20.4 Å². The summed E-state index contributed by atoms with van der Waals surface area (Å²) in [5.41, 5.74) is 2.88. The average molecular weight is 391 g/mol. The minimum Gasteiger partial charge on any atom is -0.348 e. The maximum Gasteiger partial charge on any atom is 0.272 e. The number of pyridine rings is 1. The second-order valence-electron chi connectivity index (χ2n) is 6.72. The molecule has 0 aliphatic heterocycles. The highest BCUT2D eigenvalue weighted by Crippen LogP contribution is 2.18. The highest BCUT2D eigenvalue weighted by Gasteiger charge is 2.15. The molecular weight excluding hydrogens is 373 g/mol. The quantitative estimate of drug-likeness (QED) is 0.547. The Morgan fingerprint density at radius 1 is 1.24 bits per heavy atom. The number of benzene rings is 1. The Kier molecular flexibility index (Phi) is 4.90. The number of aromatic amines is 1. The van der Waals surface area contributed by atoms with Crippen LogP contribution in [0.3, 0.4) is 0 Å². The molecule has 0 fully saturated rings. The maximum atomic E-state index is 13.0. The van der Waals surface area contributed by atoms with Crippen LogP contribution in [0, 0.1) is 5.82 Å². The molecule has 1 aromatic carbocycles. The lowest BCUT2D eigenvalue weighted by atomic mass is 10.1. The van der Waals surface area contributed by atoms with Crippen molar-refractivity contribution in [2.45, 2.75) is 19.4 Å². The van der Waals surface area contributed by atoms with Crippen molar-refractivity contribution in [3.8, 4) is 11.3 Å². The largest absolute Gasteiger partial charge is 0.348 e. The van der Waals surface area contributed by atoms with Crippen LogP contribution < -0.4 is 10.9 Å².